The Labute approximate surface area is 117 Å². The molecule has 19 heavy (non-hydrogen) atoms. The zero-order chi connectivity index (χ0) is 13.8. The van der Waals surface area contributed by atoms with Crippen molar-refractivity contribution in [3.8, 4) is 0 Å². The molecule has 1 saturated heterocycles. The summed E-state index contributed by atoms with van der Waals surface area (Å²) >= 11 is 1.88. The van der Waals surface area contributed by atoms with Crippen LogP contribution in [-0.2, 0) is 6.42 Å². The number of hydrogen-bond donors (Lipinski definition) is 1. The summed E-state index contributed by atoms with van der Waals surface area (Å²) in [6, 6.07) is 2.82. The van der Waals surface area contributed by atoms with E-state index in [9.17, 15) is 8.78 Å². The standard InChI is InChI=1S/C14H20F2N2S/c1-2-11-9-18(5-6-19-11)14-12(15)7-10(3-4-17)8-13(14)16/h7-8,11H,2-6,9,17H2,1H3. The average Bonchev–Trinajstić information content (AvgIpc) is 2.38. The Hall–Kier alpha value is -0.810. The Kier molecular flexibility index (Phi) is 5.05. The molecule has 106 valence electrons. The second-order valence-electron chi connectivity index (χ2n) is 4.79. The number of rotatable bonds is 4. The molecule has 1 aromatic carbocycles. The van der Waals surface area contributed by atoms with Crippen LogP contribution in [0.1, 0.15) is 18.9 Å². The first-order valence-electron chi connectivity index (χ1n) is 6.70. The molecular weight excluding hydrogens is 266 g/mol. The van der Waals surface area contributed by atoms with Crippen molar-refractivity contribution in [3.05, 3.63) is 29.3 Å². The highest BCUT2D eigenvalue weighted by Gasteiger charge is 2.24. The van der Waals surface area contributed by atoms with E-state index in [4.69, 9.17) is 5.73 Å². The quantitative estimate of drug-likeness (QED) is 0.923. The van der Waals surface area contributed by atoms with E-state index in [-0.39, 0.29) is 5.69 Å². The third-order valence-electron chi connectivity index (χ3n) is 3.42. The van der Waals surface area contributed by atoms with Gasteiger partial charge in [-0.05, 0) is 37.1 Å². The van der Waals surface area contributed by atoms with E-state index in [2.05, 4.69) is 6.92 Å². The van der Waals surface area contributed by atoms with Gasteiger partial charge in [0.15, 0.2) is 0 Å². The zero-order valence-corrected chi connectivity index (χ0v) is 12.0. The van der Waals surface area contributed by atoms with Crippen LogP contribution in [0, 0.1) is 11.6 Å². The summed E-state index contributed by atoms with van der Waals surface area (Å²) in [7, 11) is 0. The molecule has 1 fully saturated rings. The fraction of sp³-hybridized carbons (Fsp3) is 0.571. The van der Waals surface area contributed by atoms with Crippen molar-refractivity contribution in [2.45, 2.75) is 25.0 Å². The van der Waals surface area contributed by atoms with E-state index in [0.29, 0.717) is 36.9 Å². The van der Waals surface area contributed by atoms with Gasteiger partial charge < -0.3 is 10.6 Å². The summed E-state index contributed by atoms with van der Waals surface area (Å²) in [6.45, 7) is 3.92. The predicted octanol–water partition coefficient (Wildman–Crippen LogP) is 2.80. The molecule has 0 bridgehead atoms. The second-order valence-corrected chi connectivity index (χ2v) is 6.20. The summed E-state index contributed by atoms with van der Waals surface area (Å²) in [5, 5.41) is 0.455. The maximum Gasteiger partial charge on any atom is 0.149 e. The molecule has 1 heterocycles. The molecule has 0 radical (unpaired) electrons. The summed E-state index contributed by atoms with van der Waals surface area (Å²) in [4.78, 5) is 1.83. The van der Waals surface area contributed by atoms with Crippen LogP contribution in [0.5, 0.6) is 0 Å². The largest absolute Gasteiger partial charge is 0.365 e. The van der Waals surface area contributed by atoms with Crippen LogP contribution in [0.25, 0.3) is 0 Å². The van der Waals surface area contributed by atoms with Crippen LogP contribution in [0.15, 0.2) is 12.1 Å². The first-order valence-corrected chi connectivity index (χ1v) is 7.75. The highest BCUT2D eigenvalue weighted by molar-refractivity contribution is 8.00. The van der Waals surface area contributed by atoms with Crippen LogP contribution in [-0.4, -0.2) is 30.6 Å². The minimum absolute atomic E-state index is 0.125. The van der Waals surface area contributed by atoms with E-state index >= 15 is 0 Å². The number of thioether (sulfide) groups is 1. The van der Waals surface area contributed by atoms with Crippen molar-refractivity contribution in [1.29, 1.82) is 0 Å². The molecule has 2 N–H and O–H groups in total. The Morgan fingerprint density at radius 2 is 2.05 bits per heavy atom. The van der Waals surface area contributed by atoms with Gasteiger partial charge in [-0.25, -0.2) is 8.78 Å². The molecule has 0 amide bonds. The minimum atomic E-state index is -0.467. The molecule has 1 aliphatic rings. The van der Waals surface area contributed by atoms with Gasteiger partial charge in [0.2, 0.25) is 0 Å². The lowest BCUT2D eigenvalue weighted by Gasteiger charge is -2.34. The van der Waals surface area contributed by atoms with E-state index in [1.54, 1.807) is 0 Å². The summed E-state index contributed by atoms with van der Waals surface area (Å²) in [6.07, 6.45) is 1.53. The third kappa shape index (κ3) is 3.39. The normalized spacial score (nSPS) is 19.8. The second kappa shape index (κ2) is 6.57. The van der Waals surface area contributed by atoms with Gasteiger partial charge in [0, 0.05) is 24.1 Å². The Morgan fingerprint density at radius 3 is 2.63 bits per heavy atom. The van der Waals surface area contributed by atoms with Gasteiger partial charge in [0.1, 0.15) is 17.3 Å². The van der Waals surface area contributed by atoms with Gasteiger partial charge >= 0.3 is 0 Å². The van der Waals surface area contributed by atoms with Crippen molar-refractivity contribution < 1.29 is 8.78 Å². The van der Waals surface area contributed by atoms with Crippen molar-refractivity contribution in [3.63, 3.8) is 0 Å². The molecule has 0 saturated carbocycles. The van der Waals surface area contributed by atoms with E-state index in [1.807, 2.05) is 16.7 Å². The number of anilines is 1. The first-order chi connectivity index (χ1) is 9.15. The van der Waals surface area contributed by atoms with E-state index in [0.717, 1.165) is 12.2 Å². The van der Waals surface area contributed by atoms with Crippen LogP contribution in [0.2, 0.25) is 0 Å². The fourth-order valence-electron chi connectivity index (χ4n) is 2.40. The summed E-state index contributed by atoms with van der Waals surface area (Å²) in [5.74, 6) is -0.0162. The number of nitrogens with two attached hydrogens (primary N) is 1. The summed E-state index contributed by atoms with van der Waals surface area (Å²) < 4.78 is 28.2. The lowest BCUT2D eigenvalue weighted by molar-refractivity contribution is 0.564. The first kappa shape index (κ1) is 14.6. The van der Waals surface area contributed by atoms with Gasteiger partial charge in [-0.1, -0.05) is 6.92 Å². The maximum absolute atomic E-state index is 14.1. The van der Waals surface area contributed by atoms with Gasteiger partial charge in [-0.3, -0.25) is 0 Å². The highest BCUT2D eigenvalue weighted by Crippen LogP contribution is 2.30. The predicted molar refractivity (Wildman–Crippen MR) is 77.9 cm³/mol. The molecule has 1 unspecified atom stereocenters. The Bertz CT molecular complexity index is 416. The fourth-order valence-corrected chi connectivity index (χ4v) is 3.58. The number of benzene rings is 1. The lowest BCUT2D eigenvalue weighted by atomic mass is 10.1. The molecule has 1 aliphatic heterocycles. The van der Waals surface area contributed by atoms with Crippen molar-refractivity contribution in [1.82, 2.24) is 0 Å². The van der Waals surface area contributed by atoms with E-state index in [1.165, 1.54) is 12.1 Å². The smallest absolute Gasteiger partial charge is 0.149 e. The van der Waals surface area contributed by atoms with Crippen LogP contribution < -0.4 is 10.6 Å². The number of hydrogen-bond acceptors (Lipinski definition) is 3. The monoisotopic (exact) mass is 286 g/mol. The van der Waals surface area contributed by atoms with Gasteiger partial charge in [-0.2, -0.15) is 11.8 Å². The SMILES string of the molecule is CCC1CN(c2c(F)cc(CCN)cc2F)CCS1. The number of halogens is 2. The van der Waals surface area contributed by atoms with Crippen LogP contribution in [0.3, 0.4) is 0 Å². The lowest BCUT2D eigenvalue weighted by Crippen LogP contribution is -2.38. The van der Waals surface area contributed by atoms with Crippen molar-refractivity contribution >= 4 is 17.4 Å². The topological polar surface area (TPSA) is 29.3 Å². The zero-order valence-electron chi connectivity index (χ0n) is 11.2. The maximum atomic E-state index is 14.1. The average molecular weight is 286 g/mol. The molecule has 0 aliphatic carbocycles. The number of nitrogens with zero attached hydrogens (tertiary/aromatic N) is 1. The van der Waals surface area contributed by atoms with E-state index < -0.39 is 11.6 Å². The van der Waals surface area contributed by atoms with Gasteiger partial charge in [-0.15, -0.1) is 0 Å². The Balaban J connectivity index is 2.24. The molecule has 0 spiro atoms. The van der Waals surface area contributed by atoms with Crippen molar-refractivity contribution in [2.24, 2.45) is 5.73 Å². The molecule has 5 heteroatoms. The Morgan fingerprint density at radius 1 is 1.37 bits per heavy atom. The molecule has 0 aromatic heterocycles. The van der Waals surface area contributed by atoms with Crippen LogP contribution in [0.4, 0.5) is 14.5 Å². The molecule has 1 aromatic rings. The minimum Gasteiger partial charge on any atom is -0.365 e. The third-order valence-corrected chi connectivity index (χ3v) is 4.79. The molecular formula is C14H20F2N2S. The molecule has 2 rings (SSSR count). The molecule has 1 atom stereocenters. The van der Waals surface area contributed by atoms with Gasteiger partial charge in [0.05, 0.1) is 0 Å². The van der Waals surface area contributed by atoms with Gasteiger partial charge in [0.25, 0.3) is 0 Å². The summed E-state index contributed by atoms with van der Waals surface area (Å²) in [5.41, 5.74) is 6.17. The highest BCUT2D eigenvalue weighted by atomic mass is 32.2. The molecule has 2 nitrogen and oxygen atoms in total. The van der Waals surface area contributed by atoms with Crippen molar-refractivity contribution in [2.75, 3.05) is 30.3 Å². The van der Waals surface area contributed by atoms with Crippen LogP contribution >= 0.6 is 11.8 Å².